The highest BCUT2D eigenvalue weighted by molar-refractivity contribution is 5.76. The van der Waals surface area contributed by atoms with Crippen molar-refractivity contribution in [2.24, 2.45) is 17.3 Å². The van der Waals surface area contributed by atoms with Crippen molar-refractivity contribution in [3.8, 4) is 5.88 Å². The minimum absolute atomic E-state index is 0.135. The maximum atomic E-state index is 13.7. The van der Waals surface area contributed by atoms with Crippen LogP contribution in [0.5, 0.6) is 5.88 Å². The summed E-state index contributed by atoms with van der Waals surface area (Å²) in [7, 11) is 1.67. The van der Waals surface area contributed by atoms with Crippen molar-refractivity contribution in [1.82, 2.24) is 14.8 Å². The van der Waals surface area contributed by atoms with Gasteiger partial charge < -0.3 is 19.5 Å². The third-order valence-electron chi connectivity index (χ3n) is 8.05. The normalized spacial score (nSPS) is 25.9. The van der Waals surface area contributed by atoms with E-state index in [0.29, 0.717) is 50.4 Å². The topological polar surface area (TPSA) is 75.1 Å². The lowest BCUT2D eigenvalue weighted by Gasteiger charge is -2.39. The highest BCUT2D eigenvalue weighted by Crippen LogP contribution is 2.33. The smallest absolute Gasteiger partial charge is 0.223 e. The summed E-state index contributed by atoms with van der Waals surface area (Å²) in [6.45, 7) is 8.71. The van der Waals surface area contributed by atoms with Crippen LogP contribution in [-0.4, -0.2) is 71.9 Å². The highest BCUT2D eigenvalue weighted by Gasteiger charge is 2.35. The minimum atomic E-state index is -0.659. The average Bonchev–Trinajstić information content (AvgIpc) is 2.90. The highest BCUT2D eigenvalue weighted by atomic mass is 16.5. The molecule has 2 saturated heterocycles. The first-order chi connectivity index (χ1) is 17.9. The Morgan fingerprint density at radius 1 is 1.08 bits per heavy atom. The molecule has 0 unspecified atom stereocenters. The lowest BCUT2D eigenvalue weighted by Crippen LogP contribution is -2.46. The summed E-state index contributed by atoms with van der Waals surface area (Å²) in [5.41, 5.74) is 1.74. The van der Waals surface area contributed by atoms with E-state index < -0.39 is 11.5 Å². The van der Waals surface area contributed by atoms with Gasteiger partial charge in [-0.15, -0.1) is 0 Å². The molecular weight excluding hydrogens is 466 g/mol. The number of methoxy groups -OCH3 is 1. The molecule has 7 heteroatoms. The Hall–Kier alpha value is -2.48. The van der Waals surface area contributed by atoms with Crippen LogP contribution in [-0.2, 0) is 22.6 Å². The van der Waals surface area contributed by atoms with Gasteiger partial charge in [-0.25, -0.2) is 4.98 Å². The number of pyridine rings is 1. The number of aromatic nitrogens is 1. The number of likely N-dealkylation sites (tertiary alicyclic amines) is 1. The van der Waals surface area contributed by atoms with Crippen LogP contribution in [0.4, 0.5) is 0 Å². The Kier molecular flexibility index (Phi) is 9.57. The van der Waals surface area contributed by atoms with E-state index in [0.717, 1.165) is 50.0 Å². The van der Waals surface area contributed by atoms with Gasteiger partial charge in [0.15, 0.2) is 0 Å². The largest absolute Gasteiger partial charge is 0.481 e. The summed E-state index contributed by atoms with van der Waals surface area (Å²) < 4.78 is 11.5. The third kappa shape index (κ3) is 7.53. The summed E-state index contributed by atoms with van der Waals surface area (Å²) in [6.07, 6.45) is 4.59. The lowest BCUT2D eigenvalue weighted by atomic mass is 9.80. The maximum absolute atomic E-state index is 13.7. The van der Waals surface area contributed by atoms with Gasteiger partial charge in [-0.1, -0.05) is 50.2 Å². The standard InChI is InChI=1S/C30H43N3O4/c1-30(2)22-37-16-8-12-25-19-32(20-26-11-7-14-31-29(26)36-3)15-13-24(25)17-28(35)33(21-27(30)34)18-23-9-5-4-6-10-23/h4-7,9-11,14,24-25,27,34H,8,12-13,15-22H2,1-3H3/t24-,25-,27-/m0/s1. The van der Waals surface area contributed by atoms with E-state index >= 15 is 0 Å². The quantitative estimate of drug-likeness (QED) is 0.653. The number of aliphatic hydroxyl groups excluding tert-OH is 1. The number of amides is 1. The van der Waals surface area contributed by atoms with Crippen LogP contribution >= 0.6 is 0 Å². The lowest BCUT2D eigenvalue weighted by molar-refractivity contribution is -0.137. The molecule has 2 fully saturated rings. The monoisotopic (exact) mass is 509 g/mol. The Labute approximate surface area is 221 Å². The number of piperidine rings is 1. The zero-order valence-corrected chi connectivity index (χ0v) is 22.6. The van der Waals surface area contributed by atoms with E-state index in [1.54, 1.807) is 13.3 Å². The third-order valence-corrected chi connectivity index (χ3v) is 8.05. The fraction of sp³-hybridized carbons (Fsp3) is 0.600. The molecule has 1 aromatic carbocycles. The molecule has 3 atom stereocenters. The molecule has 37 heavy (non-hydrogen) atoms. The van der Waals surface area contributed by atoms with E-state index in [4.69, 9.17) is 9.47 Å². The van der Waals surface area contributed by atoms with Crippen LogP contribution in [0.3, 0.4) is 0 Å². The van der Waals surface area contributed by atoms with E-state index in [-0.39, 0.29) is 5.91 Å². The van der Waals surface area contributed by atoms with E-state index in [9.17, 15) is 9.90 Å². The summed E-state index contributed by atoms with van der Waals surface area (Å²) >= 11 is 0. The molecule has 7 nitrogen and oxygen atoms in total. The van der Waals surface area contributed by atoms with Crippen LogP contribution in [0, 0.1) is 17.3 Å². The van der Waals surface area contributed by atoms with Gasteiger partial charge in [0.1, 0.15) is 0 Å². The zero-order valence-electron chi connectivity index (χ0n) is 22.6. The molecular formula is C30H43N3O4. The van der Waals surface area contributed by atoms with Gasteiger partial charge in [0.2, 0.25) is 11.8 Å². The summed E-state index contributed by atoms with van der Waals surface area (Å²) in [6, 6.07) is 14.1. The zero-order chi connectivity index (χ0) is 26.3. The van der Waals surface area contributed by atoms with E-state index in [1.807, 2.05) is 55.1 Å². The molecule has 3 heterocycles. The molecule has 1 amide bonds. The predicted octanol–water partition coefficient (Wildman–Crippen LogP) is 4.14. The number of fused-ring (bicyclic) bond motifs is 1. The minimum Gasteiger partial charge on any atom is -0.481 e. The van der Waals surface area contributed by atoms with Crippen molar-refractivity contribution < 1.29 is 19.4 Å². The number of rotatable bonds is 5. The molecule has 0 spiro atoms. The molecule has 202 valence electrons. The number of aliphatic hydroxyl groups is 1. The van der Waals surface area contributed by atoms with Gasteiger partial charge in [-0.05, 0) is 49.3 Å². The second-order valence-corrected chi connectivity index (χ2v) is 11.4. The summed E-state index contributed by atoms with van der Waals surface area (Å²) in [4.78, 5) is 22.4. The molecule has 4 rings (SSSR count). The van der Waals surface area contributed by atoms with Crippen LogP contribution in [0.25, 0.3) is 0 Å². The van der Waals surface area contributed by atoms with Crippen LogP contribution < -0.4 is 4.74 Å². The Bertz CT molecular complexity index is 999. The van der Waals surface area contributed by atoms with Crippen LogP contribution in [0.1, 0.15) is 50.7 Å². The first kappa shape index (κ1) is 27.6. The van der Waals surface area contributed by atoms with Crippen molar-refractivity contribution in [2.75, 3.05) is 40.0 Å². The van der Waals surface area contributed by atoms with Gasteiger partial charge in [0.05, 0.1) is 19.8 Å². The molecule has 0 radical (unpaired) electrons. The Balaban J connectivity index is 1.50. The summed E-state index contributed by atoms with van der Waals surface area (Å²) in [5.74, 6) is 1.56. The van der Waals surface area contributed by atoms with Crippen molar-refractivity contribution in [3.63, 3.8) is 0 Å². The van der Waals surface area contributed by atoms with Crippen molar-refractivity contribution in [1.29, 1.82) is 0 Å². The maximum Gasteiger partial charge on any atom is 0.223 e. The van der Waals surface area contributed by atoms with Crippen LogP contribution in [0.2, 0.25) is 0 Å². The van der Waals surface area contributed by atoms with Crippen molar-refractivity contribution >= 4 is 5.91 Å². The Morgan fingerprint density at radius 3 is 2.68 bits per heavy atom. The number of β-amino-alcohol motifs (C(OH)–C–C–N with tert-alkyl or cyclic N) is 1. The fourth-order valence-electron chi connectivity index (χ4n) is 5.61. The van der Waals surface area contributed by atoms with Crippen molar-refractivity contribution in [3.05, 3.63) is 59.8 Å². The van der Waals surface area contributed by atoms with Gasteiger partial charge in [-0.2, -0.15) is 0 Å². The number of hydrogen-bond donors (Lipinski definition) is 1. The first-order valence-electron chi connectivity index (χ1n) is 13.6. The second kappa shape index (κ2) is 12.9. The molecule has 2 aliphatic heterocycles. The Morgan fingerprint density at radius 2 is 1.89 bits per heavy atom. The fourth-order valence-corrected chi connectivity index (χ4v) is 5.61. The molecule has 1 N–H and O–H groups in total. The van der Waals surface area contributed by atoms with E-state index in [1.165, 1.54) is 0 Å². The number of benzene rings is 1. The van der Waals surface area contributed by atoms with Gasteiger partial charge >= 0.3 is 0 Å². The number of ether oxygens (including phenoxy) is 2. The number of hydrogen-bond acceptors (Lipinski definition) is 6. The van der Waals surface area contributed by atoms with Gasteiger partial charge in [-0.3, -0.25) is 9.69 Å². The van der Waals surface area contributed by atoms with Crippen LogP contribution in [0.15, 0.2) is 48.7 Å². The molecule has 2 aliphatic rings. The molecule has 0 bridgehead atoms. The molecule has 2 aromatic rings. The predicted molar refractivity (Wildman–Crippen MR) is 144 cm³/mol. The number of carbonyl (C=O) groups is 1. The summed E-state index contributed by atoms with van der Waals surface area (Å²) in [5, 5.41) is 11.1. The number of carbonyl (C=O) groups excluding carboxylic acids is 1. The number of nitrogens with zero attached hydrogens (tertiary/aromatic N) is 3. The van der Waals surface area contributed by atoms with Crippen molar-refractivity contribution in [2.45, 2.75) is 58.7 Å². The molecule has 0 aliphatic carbocycles. The average molecular weight is 510 g/mol. The molecule has 0 saturated carbocycles. The SMILES string of the molecule is COc1ncccc1CN1CC[C@H]2CC(=O)N(Cc3ccccc3)C[C@H](O)C(C)(C)COCCC[C@H]2C1. The molecule has 1 aromatic heterocycles. The van der Waals surface area contributed by atoms with Gasteiger partial charge in [0, 0.05) is 56.4 Å². The van der Waals surface area contributed by atoms with E-state index in [2.05, 4.69) is 16.0 Å². The van der Waals surface area contributed by atoms with Gasteiger partial charge in [0.25, 0.3) is 0 Å². The first-order valence-corrected chi connectivity index (χ1v) is 13.6. The second-order valence-electron chi connectivity index (χ2n) is 11.4.